The van der Waals surface area contributed by atoms with Crippen molar-refractivity contribution in [3.8, 4) is 5.75 Å². The first-order valence-corrected chi connectivity index (χ1v) is 14.9. The van der Waals surface area contributed by atoms with Crippen molar-refractivity contribution < 1.29 is 19.4 Å². The van der Waals surface area contributed by atoms with Gasteiger partial charge in [0.05, 0.1) is 13.0 Å². The molecule has 2 rings (SSSR count). The van der Waals surface area contributed by atoms with E-state index in [9.17, 15) is 9.59 Å². The van der Waals surface area contributed by atoms with Gasteiger partial charge in [0.15, 0.2) is 0 Å². The number of ether oxygens (including phenoxy) is 1. The number of hydrogen-bond acceptors (Lipinski definition) is 3. The molecule has 2 aromatic rings. The van der Waals surface area contributed by atoms with Crippen LogP contribution in [0.1, 0.15) is 126 Å². The SMILES string of the molecule is CCCCCCCCCCCCCCCCCCOc1ccc(C(=O)Nc2ccc(CC(=O)O)cc2)cc1. The number of anilines is 1. The second-order valence-electron chi connectivity index (χ2n) is 10.4. The van der Waals surface area contributed by atoms with Gasteiger partial charge < -0.3 is 15.2 Å². The van der Waals surface area contributed by atoms with Gasteiger partial charge in [0.25, 0.3) is 5.91 Å². The van der Waals surface area contributed by atoms with Gasteiger partial charge in [-0.3, -0.25) is 9.59 Å². The van der Waals surface area contributed by atoms with Gasteiger partial charge in [-0.25, -0.2) is 0 Å². The normalized spacial score (nSPS) is 10.9. The van der Waals surface area contributed by atoms with Crippen LogP contribution in [-0.2, 0) is 11.2 Å². The number of aliphatic carboxylic acids is 1. The minimum absolute atomic E-state index is 0.0326. The van der Waals surface area contributed by atoms with Crippen molar-refractivity contribution in [3.05, 3.63) is 59.7 Å². The average Bonchev–Trinajstić information content (AvgIpc) is 2.91. The highest BCUT2D eigenvalue weighted by atomic mass is 16.5. The molecule has 38 heavy (non-hydrogen) atoms. The summed E-state index contributed by atoms with van der Waals surface area (Å²) in [5, 5.41) is 11.7. The number of amides is 1. The number of hydrogen-bond donors (Lipinski definition) is 2. The fourth-order valence-corrected chi connectivity index (χ4v) is 4.63. The van der Waals surface area contributed by atoms with Gasteiger partial charge in [0.2, 0.25) is 0 Å². The molecule has 210 valence electrons. The topological polar surface area (TPSA) is 75.6 Å². The molecule has 2 aromatic carbocycles. The number of unbranched alkanes of at least 4 members (excludes halogenated alkanes) is 15. The summed E-state index contributed by atoms with van der Waals surface area (Å²) in [6, 6.07) is 14.0. The van der Waals surface area contributed by atoms with Gasteiger partial charge in [-0.1, -0.05) is 115 Å². The van der Waals surface area contributed by atoms with Gasteiger partial charge in [0, 0.05) is 11.3 Å². The van der Waals surface area contributed by atoms with E-state index in [1.807, 2.05) is 12.1 Å². The highest BCUT2D eigenvalue weighted by Crippen LogP contribution is 2.17. The lowest BCUT2D eigenvalue weighted by atomic mass is 10.0. The molecule has 0 atom stereocenters. The maximum absolute atomic E-state index is 12.5. The lowest BCUT2D eigenvalue weighted by Crippen LogP contribution is -2.12. The highest BCUT2D eigenvalue weighted by molar-refractivity contribution is 6.04. The molecule has 0 saturated carbocycles. The van der Waals surface area contributed by atoms with Crippen LogP contribution in [0.5, 0.6) is 5.75 Å². The number of carboxylic acid groups (broad SMARTS) is 1. The minimum atomic E-state index is -0.876. The molecule has 5 nitrogen and oxygen atoms in total. The first-order chi connectivity index (χ1) is 18.6. The first kappa shape index (κ1) is 31.4. The molecular formula is C33H49NO4. The average molecular weight is 524 g/mol. The number of benzene rings is 2. The predicted octanol–water partition coefficient (Wildman–Crippen LogP) is 9.21. The van der Waals surface area contributed by atoms with E-state index in [4.69, 9.17) is 9.84 Å². The Bertz CT molecular complexity index is 892. The smallest absolute Gasteiger partial charge is 0.307 e. The van der Waals surface area contributed by atoms with Crippen LogP contribution >= 0.6 is 0 Å². The maximum Gasteiger partial charge on any atom is 0.307 e. The number of rotatable bonds is 22. The summed E-state index contributed by atoms with van der Waals surface area (Å²) in [6.45, 7) is 2.98. The summed E-state index contributed by atoms with van der Waals surface area (Å²) in [5.74, 6) is -0.306. The molecule has 0 spiro atoms. The Morgan fingerprint density at radius 3 is 1.61 bits per heavy atom. The number of carboxylic acids is 1. The number of carbonyl (C=O) groups excluding carboxylic acids is 1. The lowest BCUT2D eigenvalue weighted by Gasteiger charge is -2.09. The zero-order chi connectivity index (χ0) is 27.3. The molecule has 0 aliphatic rings. The van der Waals surface area contributed by atoms with E-state index in [0.717, 1.165) is 12.2 Å². The molecule has 0 heterocycles. The van der Waals surface area contributed by atoms with Gasteiger partial charge in [-0.05, 0) is 48.4 Å². The molecule has 0 bridgehead atoms. The Kier molecular flexibility index (Phi) is 16.7. The molecule has 0 radical (unpaired) electrons. The van der Waals surface area contributed by atoms with E-state index < -0.39 is 5.97 Å². The molecule has 0 aliphatic carbocycles. The summed E-state index contributed by atoms with van der Waals surface area (Å²) in [5.41, 5.74) is 1.88. The van der Waals surface area contributed by atoms with E-state index in [1.54, 1.807) is 36.4 Å². The third-order valence-corrected chi connectivity index (χ3v) is 6.95. The maximum atomic E-state index is 12.5. The van der Waals surface area contributed by atoms with Crippen LogP contribution in [0.15, 0.2) is 48.5 Å². The molecule has 0 saturated heterocycles. The molecule has 5 heteroatoms. The zero-order valence-electron chi connectivity index (χ0n) is 23.5. The van der Waals surface area contributed by atoms with Crippen LogP contribution < -0.4 is 10.1 Å². The Hall–Kier alpha value is -2.82. The number of carbonyl (C=O) groups is 2. The Morgan fingerprint density at radius 1 is 0.658 bits per heavy atom. The predicted molar refractivity (Wildman–Crippen MR) is 157 cm³/mol. The van der Waals surface area contributed by atoms with E-state index in [0.29, 0.717) is 23.4 Å². The lowest BCUT2D eigenvalue weighted by molar-refractivity contribution is -0.136. The fraction of sp³-hybridized carbons (Fsp3) is 0.576. The van der Waals surface area contributed by atoms with Gasteiger partial charge in [-0.15, -0.1) is 0 Å². The van der Waals surface area contributed by atoms with Crippen molar-refractivity contribution in [2.45, 2.75) is 116 Å². The van der Waals surface area contributed by atoms with Crippen LogP contribution in [-0.4, -0.2) is 23.6 Å². The zero-order valence-corrected chi connectivity index (χ0v) is 23.5. The van der Waals surface area contributed by atoms with E-state index in [-0.39, 0.29) is 12.3 Å². The van der Waals surface area contributed by atoms with E-state index >= 15 is 0 Å². The molecule has 0 aromatic heterocycles. The van der Waals surface area contributed by atoms with Gasteiger partial charge in [0.1, 0.15) is 5.75 Å². The van der Waals surface area contributed by atoms with Crippen molar-refractivity contribution in [2.24, 2.45) is 0 Å². The molecule has 1 amide bonds. The van der Waals surface area contributed by atoms with Crippen molar-refractivity contribution in [1.82, 2.24) is 0 Å². The summed E-state index contributed by atoms with van der Waals surface area (Å²) < 4.78 is 5.84. The monoisotopic (exact) mass is 523 g/mol. The Labute approximate surface area is 230 Å². The van der Waals surface area contributed by atoms with Crippen molar-refractivity contribution >= 4 is 17.6 Å². The molecule has 0 unspecified atom stereocenters. The summed E-state index contributed by atoms with van der Waals surface area (Å²) >= 11 is 0. The second-order valence-corrected chi connectivity index (χ2v) is 10.4. The molecule has 0 fully saturated rings. The quantitative estimate of drug-likeness (QED) is 0.151. The second kappa shape index (κ2) is 20.2. The Balaban J connectivity index is 1.45. The summed E-state index contributed by atoms with van der Waals surface area (Å²) in [7, 11) is 0. The Morgan fingerprint density at radius 2 is 1.13 bits per heavy atom. The molecule has 0 aliphatic heterocycles. The third kappa shape index (κ3) is 14.8. The van der Waals surface area contributed by atoms with Crippen LogP contribution in [0.4, 0.5) is 5.69 Å². The highest BCUT2D eigenvalue weighted by Gasteiger charge is 2.07. The van der Waals surface area contributed by atoms with Gasteiger partial charge >= 0.3 is 5.97 Å². The number of nitrogens with one attached hydrogen (secondary N) is 1. The van der Waals surface area contributed by atoms with Crippen LogP contribution in [0.25, 0.3) is 0 Å². The fourth-order valence-electron chi connectivity index (χ4n) is 4.63. The van der Waals surface area contributed by atoms with Crippen molar-refractivity contribution in [3.63, 3.8) is 0 Å². The van der Waals surface area contributed by atoms with E-state index in [1.165, 1.54) is 96.3 Å². The van der Waals surface area contributed by atoms with Crippen LogP contribution in [0.2, 0.25) is 0 Å². The molecular weight excluding hydrogens is 474 g/mol. The largest absolute Gasteiger partial charge is 0.494 e. The van der Waals surface area contributed by atoms with Crippen LogP contribution in [0, 0.1) is 0 Å². The first-order valence-electron chi connectivity index (χ1n) is 14.9. The minimum Gasteiger partial charge on any atom is -0.494 e. The summed E-state index contributed by atoms with van der Waals surface area (Å²) in [4.78, 5) is 23.2. The molecule has 2 N–H and O–H groups in total. The van der Waals surface area contributed by atoms with E-state index in [2.05, 4.69) is 12.2 Å². The van der Waals surface area contributed by atoms with Crippen LogP contribution in [0.3, 0.4) is 0 Å². The third-order valence-electron chi connectivity index (χ3n) is 6.95. The van der Waals surface area contributed by atoms with Crippen molar-refractivity contribution in [2.75, 3.05) is 11.9 Å². The van der Waals surface area contributed by atoms with Crippen molar-refractivity contribution in [1.29, 1.82) is 0 Å². The summed E-state index contributed by atoms with van der Waals surface area (Å²) in [6.07, 6.45) is 21.7. The standard InChI is InChI=1S/C33H49NO4/c1-2-3-4-5-6-7-8-9-10-11-12-13-14-15-16-17-26-38-31-24-20-29(21-25-31)33(37)34-30-22-18-28(19-23-30)27-32(35)36/h18-25H,2-17,26-27H2,1H3,(H,34,37)(H,35,36). The van der Waals surface area contributed by atoms with Gasteiger partial charge in [-0.2, -0.15) is 0 Å².